The minimum Gasteiger partial charge on any atom is -0.372 e. The fraction of sp³-hybridized carbons (Fsp3) is 0.462. The van der Waals surface area contributed by atoms with Crippen LogP contribution in [0.4, 0.5) is 5.69 Å². The average Bonchev–Trinajstić information content (AvgIpc) is 2.34. The van der Waals surface area contributed by atoms with Gasteiger partial charge in [0.1, 0.15) is 6.07 Å². The Morgan fingerprint density at radius 3 is 2.75 bits per heavy atom. The Kier molecular flexibility index (Phi) is 5.38. The molecular weight excluding hydrogens is 198 g/mol. The molecule has 0 fully saturated rings. The van der Waals surface area contributed by atoms with Crippen LogP contribution < -0.4 is 10.2 Å². The van der Waals surface area contributed by atoms with E-state index in [2.05, 4.69) is 23.2 Å². The van der Waals surface area contributed by atoms with Crippen molar-refractivity contribution in [2.75, 3.05) is 31.6 Å². The molecule has 0 radical (unpaired) electrons. The number of para-hydroxylation sites is 1. The summed E-state index contributed by atoms with van der Waals surface area (Å²) in [7, 11) is 2.02. The molecule has 0 saturated carbocycles. The molecule has 0 aliphatic heterocycles. The minimum atomic E-state index is 0.737. The summed E-state index contributed by atoms with van der Waals surface area (Å²) < 4.78 is 0. The van der Waals surface area contributed by atoms with Crippen LogP contribution in [-0.2, 0) is 0 Å². The van der Waals surface area contributed by atoms with Crippen molar-refractivity contribution in [2.45, 2.75) is 13.3 Å². The Bertz CT molecular complexity index is 354. The molecule has 0 amide bonds. The van der Waals surface area contributed by atoms with Crippen molar-refractivity contribution in [2.24, 2.45) is 0 Å². The van der Waals surface area contributed by atoms with Crippen molar-refractivity contribution in [1.82, 2.24) is 5.32 Å². The maximum atomic E-state index is 8.98. The van der Waals surface area contributed by atoms with E-state index >= 15 is 0 Å². The minimum absolute atomic E-state index is 0.737. The number of nitrogens with one attached hydrogen (secondary N) is 1. The highest BCUT2D eigenvalue weighted by Crippen LogP contribution is 2.17. The number of anilines is 1. The van der Waals surface area contributed by atoms with Gasteiger partial charge in [0.25, 0.3) is 0 Å². The highest BCUT2D eigenvalue weighted by Gasteiger charge is 2.05. The number of nitriles is 1. The van der Waals surface area contributed by atoms with Crippen LogP contribution in [0.2, 0.25) is 0 Å². The lowest BCUT2D eigenvalue weighted by atomic mass is 10.2. The van der Waals surface area contributed by atoms with Gasteiger partial charge in [-0.25, -0.2) is 0 Å². The molecule has 1 aromatic rings. The number of benzene rings is 1. The van der Waals surface area contributed by atoms with Crippen LogP contribution >= 0.6 is 0 Å². The fourth-order valence-electron chi connectivity index (χ4n) is 1.57. The number of likely N-dealkylation sites (N-methyl/N-ethyl adjacent to an activating group) is 1. The molecule has 0 aromatic heterocycles. The van der Waals surface area contributed by atoms with Gasteiger partial charge in [-0.15, -0.1) is 0 Å². The third-order valence-electron chi connectivity index (χ3n) is 2.49. The molecule has 0 saturated heterocycles. The largest absolute Gasteiger partial charge is 0.372 e. The highest BCUT2D eigenvalue weighted by atomic mass is 15.1. The topological polar surface area (TPSA) is 39.1 Å². The Balaban J connectivity index is 2.52. The van der Waals surface area contributed by atoms with Gasteiger partial charge in [0, 0.05) is 20.1 Å². The van der Waals surface area contributed by atoms with E-state index in [1.54, 1.807) is 0 Å². The highest BCUT2D eigenvalue weighted by molar-refractivity contribution is 5.58. The van der Waals surface area contributed by atoms with Gasteiger partial charge in [-0.2, -0.15) is 5.26 Å². The molecule has 3 heteroatoms. The fourth-order valence-corrected chi connectivity index (χ4v) is 1.57. The zero-order valence-electron chi connectivity index (χ0n) is 10.0. The van der Waals surface area contributed by atoms with Gasteiger partial charge in [0.15, 0.2) is 0 Å². The van der Waals surface area contributed by atoms with Gasteiger partial charge >= 0.3 is 0 Å². The van der Waals surface area contributed by atoms with E-state index in [1.807, 2.05) is 31.3 Å². The molecule has 0 aliphatic rings. The second-order valence-corrected chi connectivity index (χ2v) is 3.80. The monoisotopic (exact) mass is 217 g/mol. The van der Waals surface area contributed by atoms with E-state index in [0.717, 1.165) is 37.3 Å². The van der Waals surface area contributed by atoms with Gasteiger partial charge in [-0.3, -0.25) is 0 Å². The van der Waals surface area contributed by atoms with Crippen molar-refractivity contribution in [3.63, 3.8) is 0 Å². The first-order valence-electron chi connectivity index (χ1n) is 5.70. The van der Waals surface area contributed by atoms with E-state index in [1.165, 1.54) is 0 Å². The summed E-state index contributed by atoms with van der Waals surface area (Å²) >= 11 is 0. The molecule has 1 aromatic carbocycles. The van der Waals surface area contributed by atoms with Crippen LogP contribution in [-0.4, -0.2) is 26.7 Å². The Hall–Kier alpha value is -1.53. The third-order valence-corrected chi connectivity index (χ3v) is 2.49. The zero-order chi connectivity index (χ0) is 11.8. The van der Waals surface area contributed by atoms with E-state index < -0.39 is 0 Å². The average molecular weight is 217 g/mol. The molecule has 0 atom stereocenters. The molecule has 0 heterocycles. The lowest BCUT2D eigenvalue weighted by molar-refractivity contribution is 0.666. The normalized spacial score (nSPS) is 9.81. The van der Waals surface area contributed by atoms with Gasteiger partial charge in [-0.05, 0) is 25.1 Å². The predicted octanol–water partition coefficient (Wildman–Crippen LogP) is 1.99. The molecule has 1 N–H and O–H groups in total. The van der Waals surface area contributed by atoms with Crippen LogP contribution in [0.25, 0.3) is 0 Å². The molecule has 0 aliphatic carbocycles. The zero-order valence-corrected chi connectivity index (χ0v) is 10.0. The Morgan fingerprint density at radius 1 is 1.31 bits per heavy atom. The summed E-state index contributed by atoms with van der Waals surface area (Å²) in [5, 5.41) is 12.3. The predicted molar refractivity (Wildman–Crippen MR) is 67.6 cm³/mol. The van der Waals surface area contributed by atoms with Gasteiger partial charge in [0.2, 0.25) is 0 Å². The van der Waals surface area contributed by atoms with Crippen LogP contribution in [0, 0.1) is 11.3 Å². The maximum Gasteiger partial charge on any atom is 0.101 e. The van der Waals surface area contributed by atoms with Gasteiger partial charge < -0.3 is 10.2 Å². The first-order chi connectivity index (χ1) is 7.79. The van der Waals surface area contributed by atoms with Crippen LogP contribution in [0.3, 0.4) is 0 Å². The van der Waals surface area contributed by atoms with E-state index in [4.69, 9.17) is 5.26 Å². The van der Waals surface area contributed by atoms with Crippen molar-refractivity contribution in [1.29, 1.82) is 5.26 Å². The lowest BCUT2D eigenvalue weighted by Crippen LogP contribution is -2.29. The molecule has 86 valence electrons. The van der Waals surface area contributed by atoms with E-state index in [-0.39, 0.29) is 0 Å². The summed E-state index contributed by atoms with van der Waals surface area (Å²) in [5.41, 5.74) is 1.74. The first-order valence-corrected chi connectivity index (χ1v) is 5.70. The molecule has 16 heavy (non-hydrogen) atoms. The smallest absolute Gasteiger partial charge is 0.101 e. The van der Waals surface area contributed by atoms with Crippen molar-refractivity contribution in [3.8, 4) is 6.07 Å². The van der Waals surface area contributed by atoms with Crippen LogP contribution in [0.5, 0.6) is 0 Å². The van der Waals surface area contributed by atoms with Gasteiger partial charge in [-0.1, -0.05) is 19.1 Å². The summed E-state index contributed by atoms with van der Waals surface area (Å²) in [6.45, 7) is 5.07. The van der Waals surface area contributed by atoms with Crippen molar-refractivity contribution < 1.29 is 0 Å². The number of hydrogen-bond acceptors (Lipinski definition) is 3. The van der Waals surface area contributed by atoms with Gasteiger partial charge in [0.05, 0.1) is 11.3 Å². The molecule has 1 rings (SSSR count). The summed E-state index contributed by atoms with van der Waals surface area (Å²) in [6, 6.07) is 9.91. The summed E-state index contributed by atoms with van der Waals surface area (Å²) in [5.74, 6) is 0. The van der Waals surface area contributed by atoms with E-state index in [9.17, 15) is 0 Å². The van der Waals surface area contributed by atoms with Crippen molar-refractivity contribution >= 4 is 5.69 Å². The second-order valence-electron chi connectivity index (χ2n) is 3.80. The number of nitrogens with zero attached hydrogens (tertiary/aromatic N) is 2. The van der Waals surface area contributed by atoms with E-state index in [0.29, 0.717) is 0 Å². The van der Waals surface area contributed by atoms with Crippen LogP contribution in [0.15, 0.2) is 24.3 Å². The Labute approximate surface area is 97.7 Å². The second kappa shape index (κ2) is 6.86. The molecular formula is C13H19N3. The third kappa shape index (κ3) is 3.56. The molecule has 0 spiro atoms. The standard InChI is InChI=1S/C13H19N3/c1-3-8-15-9-10-16(2)13-7-5-4-6-12(13)11-14/h4-7,15H,3,8-10H2,1-2H3. The quantitative estimate of drug-likeness (QED) is 0.741. The summed E-state index contributed by atoms with van der Waals surface area (Å²) in [6.07, 6.45) is 1.15. The first kappa shape index (κ1) is 12.5. The Morgan fingerprint density at radius 2 is 2.06 bits per heavy atom. The van der Waals surface area contributed by atoms with Crippen molar-refractivity contribution in [3.05, 3.63) is 29.8 Å². The SMILES string of the molecule is CCCNCCN(C)c1ccccc1C#N. The molecule has 0 bridgehead atoms. The molecule has 0 unspecified atom stereocenters. The maximum absolute atomic E-state index is 8.98. The molecule has 3 nitrogen and oxygen atoms in total. The number of hydrogen-bond donors (Lipinski definition) is 1. The van der Waals surface area contributed by atoms with Crippen LogP contribution in [0.1, 0.15) is 18.9 Å². The number of rotatable bonds is 6. The lowest BCUT2D eigenvalue weighted by Gasteiger charge is -2.20. The summed E-state index contributed by atoms with van der Waals surface area (Å²) in [4.78, 5) is 2.11.